The summed E-state index contributed by atoms with van der Waals surface area (Å²) in [4.78, 5) is 21.7. The zero-order valence-electron chi connectivity index (χ0n) is 7.26. The molecular formula is C9H10N2O2. The van der Waals surface area contributed by atoms with Gasteiger partial charge in [0.15, 0.2) is 0 Å². The second kappa shape index (κ2) is 3.26. The molecule has 0 fully saturated rings. The molecule has 0 aromatic heterocycles. The van der Waals surface area contributed by atoms with Gasteiger partial charge in [-0.25, -0.2) is 0 Å². The largest absolute Gasteiger partial charge is 0.366 e. The van der Waals surface area contributed by atoms with Gasteiger partial charge < -0.3 is 11.1 Å². The van der Waals surface area contributed by atoms with Crippen molar-refractivity contribution in [2.45, 2.75) is 6.92 Å². The predicted molar refractivity (Wildman–Crippen MR) is 48.3 cm³/mol. The van der Waals surface area contributed by atoms with Crippen molar-refractivity contribution in [3.8, 4) is 0 Å². The minimum atomic E-state index is -0.593. The van der Waals surface area contributed by atoms with Gasteiger partial charge in [0.1, 0.15) is 0 Å². The zero-order valence-corrected chi connectivity index (χ0v) is 7.26. The highest BCUT2D eigenvalue weighted by Gasteiger charge is 2.21. The zero-order chi connectivity index (χ0) is 10.0. The number of allylic oxidation sites excluding steroid dienone is 1. The van der Waals surface area contributed by atoms with Crippen LogP contribution in [-0.2, 0) is 9.59 Å². The fraction of sp³-hybridized carbons (Fsp3) is 0.111. The van der Waals surface area contributed by atoms with E-state index in [9.17, 15) is 9.59 Å². The van der Waals surface area contributed by atoms with E-state index in [1.165, 1.54) is 12.2 Å². The number of hydrogen-bond acceptors (Lipinski definition) is 2. The van der Waals surface area contributed by atoms with Crippen molar-refractivity contribution in [3.05, 3.63) is 35.6 Å². The highest BCUT2D eigenvalue weighted by Crippen LogP contribution is 2.20. The van der Waals surface area contributed by atoms with Crippen LogP contribution in [0.25, 0.3) is 0 Å². The molecule has 3 N–H and O–H groups in total. The molecule has 4 nitrogen and oxygen atoms in total. The number of rotatable bonds is 2. The SMILES string of the molecule is C=CC1=C(C)C(=O)N/C1=C\C(N)=O. The molecule has 2 amide bonds. The third-order valence-electron chi connectivity index (χ3n) is 1.77. The third kappa shape index (κ3) is 1.66. The van der Waals surface area contributed by atoms with Crippen LogP contribution in [0.15, 0.2) is 35.6 Å². The Balaban J connectivity index is 3.13. The maximum Gasteiger partial charge on any atom is 0.251 e. The van der Waals surface area contributed by atoms with Crippen LogP contribution >= 0.6 is 0 Å². The summed E-state index contributed by atoms with van der Waals surface area (Å²) < 4.78 is 0. The van der Waals surface area contributed by atoms with E-state index in [1.807, 2.05) is 0 Å². The van der Waals surface area contributed by atoms with Gasteiger partial charge in [-0.05, 0) is 6.92 Å². The van der Waals surface area contributed by atoms with Crippen LogP contribution in [0.3, 0.4) is 0 Å². The van der Waals surface area contributed by atoms with Crippen molar-refractivity contribution in [1.29, 1.82) is 0 Å². The molecule has 0 spiro atoms. The lowest BCUT2D eigenvalue weighted by atomic mass is 10.1. The van der Waals surface area contributed by atoms with Crippen molar-refractivity contribution >= 4 is 11.8 Å². The summed E-state index contributed by atoms with van der Waals surface area (Å²) in [6, 6.07) is 0. The summed E-state index contributed by atoms with van der Waals surface area (Å²) >= 11 is 0. The molecule has 68 valence electrons. The molecule has 0 aromatic rings. The molecule has 1 rings (SSSR count). The number of hydrogen-bond donors (Lipinski definition) is 2. The van der Waals surface area contributed by atoms with Crippen LogP contribution in [0.2, 0.25) is 0 Å². The Morgan fingerprint density at radius 2 is 2.23 bits per heavy atom. The Morgan fingerprint density at radius 1 is 1.62 bits per heavy atom. The van der Waals surface area contributed by atoms with Crippen LogP contribution in [0, 0.1) is 0 Å². The molecule has 4 heteroatoms. The minimum Gasteiger partial charge on any atom is -0.366 e. The summed E-state index contributed by atoms with van der Waals surface area (Å²) in [6.45, 7) is 5.20. The Labute approximate surface area is 75.8 Å². The Bertz CT molecular complexity index is 351. The smallest absolute Gasteiger partial charge is 0.251 e. The second-order valence-electron chi connectivity index (χ2n) is 2.66. The molecule has 0 bridgehead atoms. The van der Waals surface area contributed by atoms with Crippen molar-refractivity contribution in [2.24, 2.45) is 5.73 Å². The number of primary amides is 1. The minimum absolute atomic E-state index is 0.220. The number of nitrogens with two attached hydrogens (primary N) is 1. The van der Waals surface area contributed by atoms with Crippen LogP contribution in [0.1, 0.15) is 6.92 Å². The number of nitrogens with one attached hydrogen (secondary N) is 1. The summed E-state index contributed by atoms with van der Waals surface area (Å²) in [5, 5.41) is 2.51. The maximum absolute atomic E-state index is 11.1. The predicted octanol–water partition coefficient (Wildman–Crippen LogP) is -0.0121. The first-order valence-corrected chi connectivity index (χ1v) is 3.72. The van der Waals surface area contributed by atoms with Crippen LogP contribution in [-0.4, -0.2) is 11.8 Å². The van der Waals surface area contributed by atoms with Crippen LogP contribution in [0.4, 0.5) is 0 Å². The fourth-order valence-corrected chi connectivity index (χ4v) is 1.13. The molecule has 0 radical (unpaired) electrons. The van der Waals surface area contributed by atoms with Crippen LogP contribution in [0.5, 0.6) is 0 Å². The summed E-state index contributed by atoms with van der Waals surface area (Å²) in [6.07, 6.45) is 2.69. The van der Waals surface area contributed by atoms with E-state index in [4.69, 9.17) is 5.73 Å². The van der Waals surface area contributed by atoms with Gasteiger partial charge in [0.25, 0.3) is 5.91 Å². The number of carbonyl (C=O) groups is 2. The van der Waals surface area contributed by atoms with Crippen molar-refractivity contribution in [1.82, 2.24) is 5.32 Å². The monoisotopic (exact) mass is 178 g/mol. The van der Waals surface area contributed by atoms with Gasteiger partial charge >= 0.3 is 0 Å². The lowest BCUT2D eigenvalue weighted by Gasteiger charge is -1.97. The first-order valence-electron chi connectivity index (χ1n) is 3.72. The first-order chi connectivity index (χ1) is 6.06. The Morgan fingerprint density at radius 3 is 2.69 bits per heavy atom. The molecule has 0 saturated carbocycles. The normalized spacial score (nSPS) is 19.2. The molecule has 0 saturated heterocycles. The van der Waals surface area contributed by atoms with E-state index < -0.39 is 5.91 Å². The van der Waals surface area contributed by atoms with Crippen molar-refractivity contribution in [2.75, 3.05) is 0 Å². The molecule has 1 aliphatic rings. The molecule has 0 atom stereocenters. The molecular weight excluding hydrogens is 168 g/mol. The average molecular weight is 178 g/mol. The Hall–Kier alpha value is -1.84. The number of amides is 2. The third-order valence-corrected chi connectivity index (χ3v) is 1.77. The van der Waals surface area contributed by atoms with Gasteiger partial charge in [0, 0.05) is 17.2 Å². The molecule has 0 unspecified atom stereocenters. The van der Waals surface area contributed by atoms with Gasteiger partial charge in [-0.3, -0.25) is 9.59 Å². The standard InChI is InChI=1S/C9H10N2O2/c1-3-6-5(2)9(13)11-7(6)4-8(10)12/h3-4H,1H2,2H3,(H2,10,12)(H,11,13)/b7-4-. The molecule has 1 heterocycles. The molecule has 1 aliphatic heterocycles. The lowest BCUT2D eigenvalue weighted by molar-refractivity contribution is -0.116. The highest BCUT2D eigenvalue weighted by atomic mass is 16.2. The molecule has 0 aliphatic carbocycles. The van der Waals surface area contributed by atoms with Crippen molar-refractivity contribution in [3.63, 3.8) is 0 Å². The molecule has 13 heavy (non-hydrogen) atoms. The van der Waals surface area contributed by atoms with E-state index in [0.717, 1.165) is 0 Å². The topological polar surface area (TPSA) is 72.2 Å². The fourth-order valence-electron chi connectivity index (χ4n) is 1.13. The van der Waals surface area contributed by atoms with Gasteiger partial charge in [-0.1, -0.05) is 12.7 Å². The van der Waals surface area contributed by atoms with E-state index in [1.54, 1.807) is 6.92 Å². The lowest BCUT2D eigenvalue weighted by Crippen LogP contribution is -2.18. The van der Waals surface area contributed by atoms with Gasteiger partial charge in [0.05, 0.1) is 5.70 Å². The van der Waals surface area contributed by atoms with E-state index in [0.29, 0.717) is 16.8 Å². The summed E-state index contributed by atoms with van der Waals surface area (Å²) in [5.74, 6) is -0.813. The van der Waals surface area contributed by atoms with Crippen LogP contribution < -0.4 is 11.1 Å². The van der Waals surface area contributed by atoms with Gasteiger partial charge in [-0.15, -0.1) is 0 Å². The summed E-state index contributed by atoms with van der Waals surface area (Å²) in [7, 11) is 0. The molecule has 0 aromatic carbocycles. The van der Waals surface area contributed by atoms with Gasteiger partial charge in [0.2, 0.25) is 5.91 Å². The quantitative estimate of drug-likeness (QED) is 0.583. The highest BCUT2D eigenvalue weighted by molar-refractivity contribution is 6.02. The maximum atomic E-state index is 11.1. The summed E-state index contributed by atoms with van der Waals surface area (Å²) in [5.41, 5.74) is 6.55. The van der Waals surface area contributed by atoms with E-state index >= 15 is 0 Å². The van der Waals surface area contributed by atoms with Gasteiger partial charge in [-0.2, -0.15) is 0 Å². The first kappa shape index (κ1) is 9.25. The average Bonchev–Trinajstić information content (AvgIpc) is 2.27. The van der Waals surface area contributed by atoms with Crippen molar-refractivity contribution < 1.29 is 9.59 Å². The number of carbonyl (C=O) groups excluding carboxylic acids is 2. The van der Waals surface area contributed by atoms with E-state index in [2.05, 4.69) is 11.9 Å². The van der Waals surface area contributed by atoms with E-state index in [-0.39, 0.29) is 5.91 Å². The second-order valence-corrected chi connectivity index (χ2v) is 2.66. The Kier molecular flexibility index (Phi) is 2.32.